The summed E-state index contributed by atoms with van der Waals surface area (Å²) in [4.78, 5) is 0. The molecule has 0 atom stereocenters. The molecule has 186 valence electrons. The molecule has 0 aromatic heterocycles. The van der Waals surface area contributed by atoms with E-state index in [0.717, 1.165) is 48.7 Å². The van der Waals surface area contributed by atoms with Crippen LogP contribution in [0.4, 0.5) is 0 Å². The van der Waals surface area contributed by atoms with E-state index >= 15 is 0 Å². The maximum atomic E-state index is 6.26. The van der Waals surface area contributed by atoms with Gasteiger partial charge in [-0.25, -0.2) is 0 Å². The van der Waals surface area contributed by atoms with Crippen LogP contribution in [0, 0.1) is 0 Å². The number of hydrogen-bond acceptors (Lipinski definition) is 2. The van der Waals surface area contributed by atoms with Gasteiger partial charge in [-0.15, -0.1) is 0 Å². The fourth-order valence-electron chi connectivity index (χ4n) is 4.01. The molecule has 0 spiro atoms. The van der Waals surface area contributed by atoms with Crippen molar-refractivity contribution in [2.24, 2.45) is 0 Å². The molecule has 2 heteroatoms. The largest absolute Gasteiger partial charge is 0.493 e. The van der Waals surface area contributed by atoms with Gasteiger partial charge < -0.3 is 9.47 Å². The van der Waals surface area contributed by atoms with Gasteiger partial charge in [0.1, 0.15) is 11.5 Å². The molecule has 0 unspecified atom stereocenters. The first kappa shape index (κ1) is 27.8. The van der Waals surface area contributed by atoms with Crippen LogP contribution in [0.25, 0.3) is 18.2 Å². The number of hydrogen-bond donors (Lipinski definition) is 0. The highest BCUT2D eigenvalue weighted by molar-refractivity contribution is 5.75. The molecule has 0 aliphatic carbocycles. The molecule has 0 radical (unpaired) electrons. The molecule has 0 fully saturated rings. The van der Waals surface area contributed by atoms with E-state index in [1.54, 1.807) is 0 Å². The van der Waals surface area contributed by atoms with Crippen LogP contribution in [0.2, 0.25) is 0 Å². The fourth-order valence-corrected chi connectivity index (χ4v) is 4.01. The summed E-state index contributed by atoms with van der Waals surface area (Å²) in [6.07, 6.45) is 21.2. The van der Waals surface area contributed by atoms with E-state index < -0.39 is 0 Å². The van der Waals surface area contributed by atoms with Gasteiger partial charge in [0, 0.05) is 11.1 Å². The Morgan fingerprint density at radius 1 is 0.618 bits per heavy atom. The second kappa shape index (κ2) is 17.9. The number of benzene rings is 2. The van der Waals surface area contributed by atoms with E-state index in [0.29, 0.717) is 0 Å². The summed E-state index contributed by atoms with van der Waals surface area (Å²) in [6.45, 7) is 10.0. The number of rotatable bonds is 19. The molecule has 2 rings (SSSR count). The zero-order valence-electron chi connectivity index (χ0n) is 21.7. The van der Waals surface area contributed by atoms with Gasteiger partial charge in [0.05, 0.1) is 13.2 Å². The fraction of sp³-hybridized carbons (Fsp3) is 0.500. The van der Waals surface area contributed by atoms with E-state index in [1.807, 2.05) is 12.1 Å². The van der Waals surface area contributed by atoms with Crippen molar-refractivity contribution in [3.63, 3.8) is 0 Å². The lowest BCUT2D eigenvalue weighted by molar-refractivity contribution is 0.295. The molecule has 0 N–H and O–H groups in total. The van der Waals surface area contributed by atoms with E-state index in [9.17, 15) is 0 Å². The third-order valence-corrected chi connectivity index (χ3v) is 6.13. The Bertz CT molecular complexity index is 822. The molecule has 0 saturated carbocycles. The van der Waals surface area contributed by atoms with Crippen molar-refractivity contribution < 1.29 is 9.47 Å². The standard InChI is InChI=1S/C32H46O2/c1-4-7-9-11-13-18-24-33-31-27-30(23-22-28-20-16-15-17-21-28)32(26-29(31)6-3)34-25-19-14-12-10-8-5-2/h6,15-17,20-23,26-27H,3-5,7-14,18-19,24-25H2,1-2H3/b23-22+. The molecule has 0 saturated heterocycles. The van der Waals surface area contributed by atoms with Crippen molar-refractivity contribution in [3.8, 4) is 11.5 Å². The minimum Gasteiger partial charge on any atom is -0.493 e. The second-order valence-electron chi connectivity index (χ2n) is 9.11. The Hall–Kier alpha value is -2.48. The second-order valence-corrected chi connectivity index (χ2v) is 9.11. The molecule has 0 heterocycles. The van der Waals surface area contributed by atoms with Crippen LogP contribution < -0.4 is 9.47 Å². The Morgan fingerprint density at radius 2 is 1.12 bits per heavy atom. The van der Waals surface area contributed by atoms with Gasteiger partial charge in [-0.1, -0.05) is 133 Å². The van der Waals surface area contributed by atoms with Gasteiger partial charge in [0.15, 0.2) is 0 Å². The van der Waals surface area contributed by atoms with E-state index in [4.69, 9.17) is 9.47 Å². The zero-order valence-corrected chi connectivity index (χ0v) is 21.7. The van der Waals surface area contributed by atoms with Crippen molar-refractivity contribution in [2.75, 3.05) is 13.2 Å². The van der Waals surface area contributed by atoms with Crippen LogP contribution in [-0.2, 0) is 0 Å². The van der Waals surface area contributed by atoms with Gasteiger partial charge in [0.2, 0.25) is 0 Å². The average Bonchev–Trinajstić information content (AvgIpc) is 2.87. The summed E-state index contributed by atoms with van der Waals surface area (Å²) in [5.74, 6) is 1.80. The van der Waals surface area contributed by atoms with E-state index in [1.165, 1.54) is 69.8 Å². The molecule has 0 aliphatic rings. The van der Waals surface area contributed by atoms with Crippen LogP contribution in [0.1, 0.15) is 108 Å². The third kappa shape index (κ3) is 11.1. The summed E-state index contributed by atoms with van der Waals surface area (Å²) >= 11 is 0. The van der Waals surface area contributed by atoms with Crippen LogP contribution in [-0.4, -0.2) is 13.2 Å². The zero-order chi connectivity index (χ0) is 24.3. The van der Waals surface area contributed by atoms with Crippen molar-refractivity contribution in [1.29, 1.82) is 0 Å². The summed E-state index contributed by atoms with van der Waals surface area (Å²) < 4.78 is 12.5. The molecule has 0 bridgehead atoms. The van der Waals surface area contributed by atoms with Gasteiger partial charge >= 0.3 is 0 Å². The number of ether oxygens (including phenoxy) is 2. The summed E-state index contributed by atoms with van der Waals surface area (Å²) in [7, 11) is 0. The Morgan fingerprint density at radius 3 is 1.68 bits per heavy atom. The predicted molar refractivity (Wildman–Crippen MR) is 150 cm³/mol. The van der Waals surface area contributed by atoms with Crippen LogP contribution in [0.3, 0.4) is 0 Å². The van der Waals surface area contributed by atoms with Crippen molar-refractivity contribution in [1.82, 2.24) is 0 Å². The normalized spacial score (nSPS) is 11.1. The Balaban J connectivity index is 2.04. The van der Waals surface area contributed by atoms with Gasteiger partial charge in [-0.2, -0.15) is 0 Å². The molecule has 2 aromatic carbocycles. The first-order valence-electron chi connectivity index (χ1n) is 13.6. The van der Waals surface area contributed by atoms with Crippen molar-refractivity contribution >= 4 is 18.2 Å². The summed E-state index contributed by atoms with van der Waals surface area (Å²) in [5.41, 5.74) is 3.23. The summed E-state index contributed by atoms with van der Waals surface area (Å²) in [6, 6.07) is 14.6. The first-order chi connectivity index (χ1) is 16.8. The minimum absolute atomic E-state index is 0.743. The Labute approximate surface area is 209 Å². The molecule has 34 heavy (non-hydrogen) atoms. The van der Waals surface area contributed by atoms with E-state index in [2.05, 4.69) is 69.0 Å². The van der Waals surface area contributed by atoms with Crippen molar-refractivity contribution in [3.05, 3.63) is 65.7 Å². The Kier molecular flexibility index (Phi) is 14.6. The van der Waals surface area contributed by atoms with Crippen molar-refractivity contribution in [2.45, 2.75) is 90.9 Å². The highest BCUT2D eigenvalue weighted by Gasteiger charge is 2.10. The first-order valence-corrected chi connectivity index (χ1v) is 13.6. The van der Waals surface area contributed by atoms with Gasteiger partial charge in [-0.3, -0.25) is 0 Å². The topological polar surface area (TPSA) is 18.5 Å². The average molecular weight is 463 g/mol. The molecular weight excluding hydrogens is 416 g/mol. The smallest absolute Gasteiger partial charge is 0.127 e. The SMILES string of the molecule is C=Cc1cc(OCCCCCCCC)c(/C=C/c2ccccc2)cc1OCCCCCCCC. The lowest BCUT2D eigenvalue weighted by atomic mass is 10.1. The predicted octanol–water partition coefficient (Wildman–Crippen LogP) is 9.98. The molecular formula is C32H46O2. The number of unbranched alkanes of at least 4 members (excludes halogenated alkanes) is 10. The maximum Gasteiger partial charge on any atom is 0.127 e. The van der Waals surface area contributed by atoms with E-state index in [-0.39, 0.29) is 0 Å². The monoisotopic (exact) mass is 462 g/mol. The molecule has 0 amide bonds. The maximum absolute atomic E-state index is 6.26. The van der Waals surface area contributed by atoms with Gasteiger partial charge in [-0.05, 0) is 30.5 Å². The third-order valence-electron chi connectivity index (χ3n) is 6.13. The molecule has 2 aromatic rings. The van der Waals surface area contributed by atoms with Gasteiger partial charge in [0.25, 0.3) is 0 Å². The lowest BCUT2D eigenvalue weighted by Gasteiger charge is -2.15. The highest BCUT2D eigenvalue weighted by Crippen LogP contribution is 2.32. The van der Waals surface area contributed by atoms with Crippen LogP contribution in [0.15, 0.2) is 49.0 Å². The van der Waals surface area contributed by atoms with Crippen LogP contribution >= 0.6 is 0 Å². The lowest BCUT2D eigenvalue weighted by Crippen LogP contribution is -2.03. The molecule has 2 nitrogen and oxygen atoms in total. The van der Waals surface area contributed by atoms with Crippen LogP contribution in [0.5, 0.6) is 11.5 Å². The molecule has 0 aliphatic heterocycles. The minimum atomic E-state index is 0.743. The quantitative estimate of drug-likeness (QED) is 0.153. The summed E-state index contributed by atoms with van der Waals surface area (Å²) in [5, 5.41) is 0. The highest BCUT2D eigenvalue weighted by atomic mass is 16.5.